The quantitative estimate of drug-likeness (QED) is 0.455. The molecular weight excluding hydrogens is 527 g/mol. The number of carbonyl (C=O) groups is 1. The van der Waals surface area contributed by atoms with Crippen LogP contribution in [0.15, 0.2) is 44.2 Å². The van der Waals surface area contributed by atoms with Gasteiger partial charge in [0.2, 0.25) is 0 Å². The maximum Gasteiger partial charge on any atom is 0.264 e. The third kappa shape index (κ3) is 4.64. The van der Waals surface area contributed by atoms with Gasteiger partial charge in [-0.3, -0.25) is 10.2 Å². The van der Waals surface area contributed by atoms with Gasteiger partial charge in [0.25, 0.3) is 5.91 Å². The maximum atomic E-state index is 11.9. The van der Waals surface area contributed by atoms with Gasteiger partial charge in [-0.2, -0.15) is 0 Å². The molecule has 1 aliphatic heterocycles. The largest absolute Gasteiger partial charge is 0.487 e. The van der Waals surface area contributed by atoms with Crippen molar-refractivity contribution < 1.29 is 9.53 Å². The molecule has 2 N–H and O–H groups in total. The second-order valence-electron chi connectivity index (χ2n) is 5.22. The number of hydrogen-bond donors (Lipinski definition) is 2. The Bertz CT molecular complexity index is 951. The first kappa shape index (κ1) is 19.8. The minimum Gasteiger partial charge on any atom is -0.487 e. The molecule has 0 radical (unpaired) electrons. The number of amidine groups is 1. The number of nitrogens with one attached hydrogen (secondary N) is 2. The van der Waals surface area contributed by atoms with Crippen LogP contribution in [0, 0.1) is 5.41 Å². The molecule has 1 fully saturated rings. The molecule has 0 aliphatic carbocycles. The van der Waals surface area contributed by atoms with Gasteiger partial charge in [0, 0.05) is 25.6 Å². The number of carbonyl (C=O) groups excluding carboxylic acids is 1. The molecular formula is C17H10Br2Cl2N2O2S. The van der Waals surface area contributed by atoms with E-state index in [0.717, 1.165) is 26.3 Å². The Balaban J connectivity index is 1.92. The van der Waals surface area contributed by atoms with Crippen molar-refractivity contribution in [3.63, 3.8) is 0 Å². The first-order valence-electron chi connectivity index (χ1n) is 7.18. The van der Waals surface area contributed by atoms with Crippen LogP contribution >= 0.6 is 66.8 Å². The average Bonchev–Trinajstić information content (AvgIpc) is 2.85. The van der Waals surface area contributed by atoms with Crippen molar-refractivity contribution in [3.8, 4) is 5.75 Å². The highest BCUT2D eigenvalue weighted by atomic mass is 79.9. The Morgan fingerprint density at radius 1 is 1.23 bits per heavy atom. The molecule has 0 saturated carbocycles. The second kappa shape index (κ2) is 8.35. The van der Waals surface area contributed by atoms with E-state index in [-0.39, 0.29) is 17.7 Å². The molecule has 1 heterocycles. The predicted octanol–water partition coefficient (Wildman–Crippen LogP) is 6.24. The van der Waals surface area contributed by atoms with Crippen LogP contribution in [-0.4, -0.2) is 11.1 Å². The van der Waals surface area contributed by atoms with E-state index < -0.39 is 0 Å². The van der Waals surface area contributed by atoms with Crippen LogP contribution in [0.5, 0.6) is 5.75 Å². The van der Waals surface area contributed by atoms with E-state index in [1.54, 1.807) is 24.3 Å². The number of benzene rings is 2. The van der Waals surface area contributed by atoms with Gasteiger partial charge in [-0.25, -0.2) is 0 Å². The smallest absolute Gasteiger partial charge is 0.264 e. The van der Waals surface area contributed by atoms with Gasteiger partial charge in [-0.05, 0) is 58.0 Å². The number of amides is 1. The average molecular weight is 537 g/mol. The standard InChI is InChI=1S/C17H10Br2Cl2N2O2S/c18-10-3-9(4-14-16(24)23-17(22)26-14)15(12(19)5-10)25-7-8-1-2-11(20)6-13(8)21/h1-6H,7H2,(H2,22,23,24)/b14-4+. The molecule has 0 unspecified atom stereocenters. The van der Waals surface area contributed by atoms with Crippen LogP contribution in [-0.2, 0) is 11.4 Å². The fourth-order valence-electron chi connectivity index (χ4n) is 2.21. The highest BCUT2D eigenvalue weighted by molar-refractivity contribution is 9.11. The topological polar surface area (TPSA) is 62.2 Å². The van der Waals surface area contributed by atoms with Crippen molar-refractivity contribution in [2.24, 2.45) is 0 Å². The Labute approximate surface area is 181 Å². The van der Waals surface area contributed by atoms with Gasteiger partial charge in [-0.15, -0.1) is 0 Å². The Morgan fingerprint density at radius 2 is 2.00 bits per heavy atom. The molecule has 0 spiro atoms. The van der Waals surface area contributed by atoms with Gasteiger partial charge < -0.3 is 10.1 Å². The van der Waals surface area contributed by atoms with E-state index in [2.05, 4.69) is 37.2 Å². The van der Waals surface area contributed by atoms with Gasteiger partial charge in [-0.1, -0.05) is 45.2 Å². The van der Waals surface area contributed by atoms with Crippen LogP contribution < -0.4 is 10.1 Å². The highest BCUT2D eigenvalue weighted by Gasteiger charge is 2.23. The molecule has 3 rings (SSSR count). The first-order valence-corrected chi connectivity index (χ1v) is 10.3. The summed E-state index contributed by atoms with van der Waals surface area (Å²) in [7, 11) is 0. The number of ether oxygens (including phenoxy) is 1. The van der Waals surface area contributed by atoms with E-state index in [1.165, 1.54) is 0 Å². The SMILES string of the molecule is N=C1NC(=O)/C(=C\c2cc(Br)cc(Br)c2OCc2ccc(Cl)cc2Cl)S1. The van der Waals surface area contributed by atoms with Gasteiger partial charge >= 0.3 is 0 Å². The third-order valence-corrected chi connectivity index (χ3v) is 5.84. The molecule has 1 saturated heterocycles. The zero-order valence-electron chi connectivity index (χ0n) is 12.9. The number of hydrogen-bond acceptors (Lipinski definition) is 4. The molecule has 134 valence electrons. The summed E-state index contributed by atoms with van der Waals surface area (Å²) in [6, 6.07) is 8.90. The molecule has 0 atom stereocenters. The lowest BCUT2D eigenvalue weighted by molar-refractivity contribution is -0.115. The Morgan fingerprint density at radius 3 is 2.65 bits per heavy atom. The molecule has 0 bridgehead atoms. The summed E-state index contributed by atoms with van der Waals surface area (Å²) in [6.45, 7) is 0.238. The van der Waals surface area contributed by atoms with Crippen LogP contribution in [0.25, 0.3) is 6.08 Å². The highest BCUT2D eigenvalue weighted by Crippen LogP contribution is 2.37. The molecule has 9 heteroatoms. The first-order chi connectivity index (χ1) is 12.3. The van der Waals surface area contributed by atoms with Gasteiger partial charge in [0.15, 0.2) is 5.17 Å². The lowest BCUT2D eigenvalue weighted by Crippen LogP contribution is -2.18. The third-order valence-electron chi connectivity index (χ3n) is 3.37. The number of rotatable bonds is 4. The Kier molecular flexibility index (Phi) is 6.35. The van der Waals surface area contributed by atoms with E-state index in [4.69, 9.17) is 33.3 Å². The summed E-state index contributed by atoms with van der Waals surface area (Å²) in [5.74, 6) is 0.265. The van der Waals surface area contributed by atoms with E-state index >= 15 is 0 Å². The number of thioether (sulfide) groups is 1. The summed E-state index contributed by atoms with van der Waals surface area (Å²) < 4.78 is 7.52. The molecule has 1 amide bonds. The second-order valence-corrected chi connectivity index (χ2v) is 8.89. The molecule has 26 heavy (non-hydrogen) atoms. The fourth-order valence-corrected chi connectivity index (χ4v) is 4.74. The van der Waals surface area contributed by atoms with Crippen molar-refractivity contribution in [1.82, 2.24) is 5.32 Å². The Hall–Kier alpha value is -0.990. The summed E-state index contributed by atoms with van der Waals surface area (Å²) >= 11 is 20.1. The summed E-state index contributed by atoms with van der Waals surface area (Å²) in [6.07, 6.45) is 1.69. The van der Waals surface area contributed by atoms with Crippen LogP contribution in [0.1, 0.15) is 11.1 Å². The minimum absolute atomic E-state index is 0.103. The van der Waals surface area contributed by atoms with Crippen molar-refractivity contribution in [2.75, 3.05) is 0 Å². The van der Waals surface area contributed by atoms with Crippen LogP contribution in [0.3, 0.4) is 0 Å². The normalized spacial score (nSPS) is 15.5. The van der Waals surface area contributed by atoms with E-state index in [9.17, 15) is 4.79 Å². The maximum absolute atomic E-state index is 11.9. The molecule has 2 aromatic rings. The lowest BCUT2D eigenvalue weighted by Gasteiger charge is -2.13. The van der Waals surface area contributed by atoms with Crippen molar-refractivity contribution >= 4 is 84.0 Å². The summed E-state index contributed by atoms with van der Waals surface area (Å²) in [4.78, 5) is 12.3. The molecule has 1 aliphatic rings. The minimum atomic E-state index is -0.303. The zero-order valence-corrected chi connectivity index (χ0v) is 18.4. The molecule has 0 aromatic heterocycles. The van der Waals surface area contributed by atoms with Crippen molar-refractivity contribution in [1.29, 1.82) is 5.41 Å². The molecule has 2 aromatic carbocycles. The van der Waals surface area contributed by atoms with E-state index in [0.29, 0.717) is 26.3 Å². The van der Waals surface area contributed by atoms with Crippen molar-refractivity contribution in [2.45, 2.75) is 6.61 Å². The van der Waals surface area contributed by atoms with Crippen LogP contribution in [0.2, 0.25) is 10.0 Å². The summed E-state index contributed by atoms with van der Waals surface area (Å²) in [5, 5.41) is 11.2. The predicted molar refractivity (Wildman–Crippen MR) is 114 cm³/mol. The monoisotopic (exact) mass is 534 g/mol. The molecule has 4 nitrogen and oxygen atoms in total. The lowest BCUT2D eigenvalue weighted by atomic mass is 10.1. The van der Waals surface area contributed by atoms with Crippen molar-refractivity contribution in [3.05, 3.63) is 65.4 Å². The van der Waals surface area contributed by atoms with Gasteiger partial charge in [0.05, 0.1) is 9.38 Å². The van der Waals surface area contributed by atoms with E-state index in [1.807, 2.05) is 12.1 Å². The zero-order chi connectivity index (χ0) is 18.8. The number of halogens is 4. The van der Waals surface area contributed by atoms with Crippen LogP contribution in [0.4, 0.5) is 0 Å². The fraction of sp³-hybridized carbons (Fsp3) is 0.0588. The summed E-state index contributed by atoms with van der Waals surface area (Å²) in [5.41, 5.74) is 1.49. The van der Waals surface area contributed by atoms with Gasteiger partial charge in [0.1, 0.15) is 12.4 Å².